The van der Waals surface area contributed by atoms with E-state index in [9.17, 15) is 9.00 Å². The number of nitrogens with zero attached hydrogens (tertiary/aromatic N) is 2. The Labute approximate surface area is 136 Å². The summed E-state index contributed by atoms with van der Waals surface area (Å²) >= 11 is -2.14. The van der Waals surface area contributed by atoms with Gasteiger partial charge in [-0.05, 0) is 13.3 Å². The van der Waals surface area contributed by atoms with Gasteiger partial charge in [0.2, 0.25) is 5.91 Å². The van der Waals surface area contributed by atoms with Crippen LogP contribution >= 0.6 is 0 Å². The van der Waals surface area contributed by atoms with Gasteiger partial charge in [-0.15, -0.1) is 0 Å². The fourth-order valence-electron chi connectivity index (χ4n) is 2.27. The molecule has 23 heavy (non-hydrogen) atoms. The van der Waals surface area contributed by atoms with Crippen LogP contribution in [0.4, 0.5) is 0 Å². The molecule has 1 aromatic heterocycles. The lowest BCUT2D eigenvalue weighted by Crippen LogP contribution is -2.41. The first-order valence-electron chi connectivity index (χ1n) is 7.04. The maximum Gasteiger partial charge on any atom is 0.250 e. The highest BCUT2D eigenvalue weighted by molar-refractivity contribution is 7.79. The van der Waals surface area contributed by atoms with Crippen LogP contribution in [-0.2, 0) is 22.4 Å². The molecular weight excluding hydrogens is 318 g/mol. The van der Waals surface area contributed by atoms with Gasteiger partial charge in [-0.25, -0.2) is 14.7 Å². The van der Waals surface area contributed by atoms with Crippen molar-refractivity contribution in [3.8, 4) is 11.3 Å². The number of amides is 1. The zero-order valence-electron chi connectivity index (χ0n) is 12.7. The van der Waals surface area contributed by atoms with Gasteiger partial charge in [-0.2, -0.15) is 0 Å². The molecule has 0 radical (unpaired) electrons. The molecule has 8 heteroatoms. The van der Waals surface area contributed by atoms with E-state index in [4.69, 9.17) is 9.76 Å². The molecule has 3 N–H and O–H groups in total. The smallest absolute Gasteiger partial charge is 0.250 e. The first kappa shape index (κ1) is 17.3. The number of hydrogen-bond acceptors (Lipinski definition) is 4. The summed E-state index contributed by atoms with van der Waals surface area (Å²) in [6.45, 7) is 1.97. The largest absolute Gasteiger partial charge is 0.337 e. The summed E-state index contributed by atoms with van der Waals surface area (Å²) in [6.07, 6.45) is 3.79. The number of hydrogen-bond donors (Lipinski definition) is 3. The molecule has 0 spiro atoms. The SMILES string of the molecule is CC(CCn1cnc(-c2ccccc2)c1)(CS(=O)O)C(=O)NO. The van der Waals surface area contributed by atoms with Crippen molar-refractivity contribution < 1.29 is 18.8 Å². The number of hydroxylamine groups is 1. The third-order valence-electron chi connectivity index (χ3n) is 3.72. The molecule has 1 aromatic carbocycles. The Morgan fingerprint density at radius 3 is 2.70 bits per heavy atom. The van der Waals surface area contributed by atoms with Crippen LogP contribution in [0.25, 0.3) is 11.3 Å². The summed E-state index contributed by atoms with van der Waals surface area (Å²) in [5, 5.41) is 8.83. The molecule has 2 unspecified atom stereocenters. The normalized spacial score (nSPS) is 14.9. The van der Waals surface area contributed by atoms with Crippen molar-refractivity contribution in [3.05, 3.63) is 42.9 Å². The van der Waals surface area contributed by atoms with E-state index in [1.165, 1.54) is 0 Å². The van der Waals surface area contributed by atoms with Crippen molar-refractivity contribution >= 4 is 17.0 Å². The molecule has 124 valence electrons. The molecule has 2 rings (SSSR count). The predicted molar refractivity (Wildman–Crippen MR) is 86.0 cm³/mol. The van der Waals surface area contributed by atoms with Crippen LogP contribution in [0.3, 0.4) is 0 Å². The monoisotopic (exact) mass is 337 g/mol. The second-order valence-corrected chi connectivity index (χ2v) is 6.51. The van der Waals surface area contributed by atoms with E-state index in [-0.39, 0.29) is 12.2 Å². The van der Waals surface area contributed by atoms with Gasteiger partial charge >= 0.3 is 0 Å². The Morgan fingerprint density at radius 1 is 1.39 bits per heavy atom. The molecular formula is C15H19N3O4S. The summed E-state index contributed by atoms with van der Waals surface area (Å²) in [4.78, 5) is 16.1. The van der Waals surface area contributed by atoms with Gasteiger partial charge in [0, 0.05) is 18.3 Å². The third kappa shape index (κ3) is 4.47. The van der Waals surface area contributed by atoms with Crippen LogP contribution in [0.5, 0.6) is 0 Å². The number of aryl methyl sites for hydroxylation is 1. The predicted octanol–water partition coefficient (Wildman–Crippen LogP) is 1.67. The molecule has 7 nitrogen and oxygen atoms in total. The number of rotatable bonds is 7. The fraction of sp³-hybridized carbons (Fsp3) is 0.333. The quantitative estimate of drug-likeness (QED) is 0.405. The van der Waals surface area contributed by atoms with E-state index in [0.29, 0.717) is 6.54 Å². The Morgan fingerprint density at radius 2 is 2.09 bits per heavy atom. The molecule has 0 aliphatic heterocycles. The molecule has 0 aliphatic carbocycles. The number of aromatic nitrogens is 2. The summed E-state index contributed by atoms with van der Waals surface area (Å²) in [5.74, 6) is -0.928. The molecule has 0 saturated carbocycles. The minimum Gasteiger partial charge on any atom is -0.337 e. The number of carbonyl (C=O) groups excluding carboxylic acids is 1. The summed E-state index contributed by atoms with van der Waals surface area (Å²) < 4.78 is 22.0. The molecule has 0 bridgehead atoms. The zero-order valence-corrected chi connectivity index (χ0v) is 13.5. The second kappa shape index (κ2) is 7.49. The second-order valence-electron chi connectivity index (χ2n) is 5.58. The average Bonchev–Trinajstić information content (AvgIpc) is 3.01. The Balaban J connectivity index is 2.08. The maximum atomic E-state index is 11.8. The average molecular weight is 337 g/mol. The number of benzene rings is 1. The van der Waals surface area contributed by atoms with E-state index >= 15 is 0 Å². The van der Waals surface area contributed by atoms with Crippen molar-refractivity contribution in [2.24, 2.45) is 5.41 Å². The van der Waals surface area contributed by atoms with Gasteiger partial charge in [0.05, 0.1) is 23.2 Å². The highest BCUT2D eigenvalue weighted by Crippen LogP contribution is 2.24. The third-order valence-corrected chi connectivity index (χ3v) is 4.60. The van der Waals surface area contributed by atoms with Gasteiger partial charge in [0.25, 0.3) is 0 Å². The molecule has 1 heterocycles. The molecule has 0 saturated heterocycles. The Kier molecular flexibility index (Phi) is 5.64. The van der Waals surface area contributed by atoms with Crippen LogP contribution in [0.2, 0.25) is 0 Å². The molecule has 1 amide bonds. The van der Waals surface area contributed by atoms with Gasteiger partial charge < -0.3 is 9.12 Å². The van der Waals surface area contributed by atoms with Crippen LogP contribution < -0.4 is 5.48 Å². The van der Waals surface area contributed by atoms with Crippen molar-refractivity contribution in [2.45, 2.75) is 19.9 Å². The zero-order chi connectivity index (χ0) is 16.9. The highest BCUT2D eigenvalue weighted by atomic mass is 32.2. The first-order chi connectivity index (χ1) is 10.9. The number of nitrogens with one attached hydrogen (secondary N) is 1. The topological polar surface area (TPSA) is 104 Å². The molecule has 2 atom stereocenters. The van der Waals surface area contributed by atoms with E-state index in [1.807, 2.05) is 41.1 Å². The lowest BCUT2D eigenvalue weighted by molar-refractivity contribution is -0.138. The number of imidazole rings is 1. The highest BCUT2D eigenvalue weighted by Gasteiger charge is 2.34. The Hall–Kier alpha value is -2.03. The van der Waals surface area contributed by atoms with Crippen LogP contribution in [-0.4, -0.2) is 35.2 Å². The molecule has 0 fully saturated rings. The summed E-state index contributed by atoms with van der Waals surface area (Å²) in [6, 6.07) is 9.67. The van der Waals surface area contributed by atoms with E-state index in [1.54, 1.807) is 18.7 Å². The lowest BCUT2D eigenvalue weighted by Gasteiger charge is -2.25. The standard InChI is InChI=1S/C15H19N3O4S/c1-15(10-23(21)22,14(19)17-20)7-8-18-9-13(16-11-18)12-5-3-2-4-6-12/h2-6,9,11,20H,7-8,10H2,1H3,(H,17,19)(H,21,22). The maximum absolute atomic E-state index is 11.8. The van der Waals surface area contributed by atoms with Gasteiger partial charge in [0.1, 0.15) is 0 Å². The van der Waals surface area contributed by atoms with Gasteiger partial charge in [-0.1, -0.05) is 30.3 Å². The van der Waals surface area contributed by atoms with Crippen LogP contribution in [0.1, 0.15) is 13.3 Å². The van der Waals surface area contributed by atoms with Crippen molar-refractivity contribution in [2.75, 3.05) is 5.75 Å². The Bertz CT molecular complexity index is 689. The first-order valence-corrected chi connectivity index (χ1v) is 8.31. The van der Waals surface area contributed by atoms with Crippen molar-refractivity contribution in [1.29, 1.82) is 0 Å². The van der Waals surface area contributed by atoms with Gasteiger partial charge in [0.15, 0.2) is 11.1 Å². The van der Waals surface area contributed by atoms with E-state index in [0.717, 1.165) is 11.3 Å². The minimum absolute atomic E-state index is 0.250. The van der Waals surface area contributed by atoms with E-state index in [2.05, 4.69) is 4.98 Å². The van der Waals surface area contributed by atoms with Crippen LogP contribution in [0, 0.1) is 5.41 Å². The number of carbonyl (C=O) groups is 1. The van der Waals surface area contributed by atoms with Crippen LogP contribution in [0.15, 0.2) is 42.9 Å². The van der Waals surface area contributed by atoms with Crippen molar-refractivity contribution in [1.82, 2.24) is 15.0 Å². The van der Waals surface area contributed by atoms with Gasteiger partial charge in [-0.3, -0.25) is 10.0 Å². The fourth-order valence-corrected chi connectivity index (χ4v) is 3.10. The summed E-state index contributed by atoms with van der Waals surface area (Å²) in [5.41, 5.74) is 2.22. The summed E-state index contributed by atoms with van der Waals surface area (Å²) in [7, 11) is 0. The molecule has 0 aliphatic rings. The minimum atomic E-state index is -2.14. The molecule has 2 aromatic rings. The van der Waals surface area contributed by atoms with E-state index < -0.39 is 22.4 Å². The van der Waals surface area contributed by atoms with Crippen molar-refractivity contribution in [3.63, 3.8) is 0 Å². The lowest BCUT2D eigenvalue weighted by atomic mass is 9.88.